The molecule has 1 unspecified atom stereocenters. The average Bonchev–Trinajstić information content (AvgIpc) is 2.49. The second kappa shape index (κ2) is 5.90. The summed E-state index contributed by atoms with van der Waals surface area (Å²) >= 11 is 0. The number of amides is 2. The van der Waals surface area contributed by atoms with Gasteiger partial charge in [0.15, 0.2) is 0 Å². The number of ether oxygens (including phenoxy) is 1. The van der Waals surface area contributed by atoms with Gasteiger partial charge in [0.2, 0.25) is 5.91 Å². The third-order valence-corrected chi connectivity index (χ3v) is 3.09. The van der Waals surface area contributed by atoms with Gasteiger partial charge in [-0.1, -0.05) is 0 Å². The van der Waals surface area contributed by atoms with E-state index in [2.05, 4.69) is 10.6 Å². The van der Waals surface area contributed by atoms with E-state index in [4.69, 9.17) is 4.74 Å². The summed E-state index contributed by atoms with van der Waals surface area (Å²) in [6.45, 7) is 5.11. The highest BCUT2D eigenvalue weighted by molar-refractivity contribution is 5.98. The van der Waals surface area contributed by atoms with Crippen molar-refractivity contribution in [3.63, 3.8) is 0 Å². The summed E-state index contributed by atoms with van der Waals surface area (Å²) in [6.07, 6.45) is -0.255. The van der Waals surface area contributed by atoms with Crippen LogP contribution in [-0.4, -0.2) is 23.6 Å². The molecular formula is C15H18F2N2O3. The van der Waals surface area contributed by atoms with Crippen molar-refractivity contribution in [2.24, 2.45) is 0 Å². The third kappa shape index (κ3) is 3.93. The number of alkyl carbamates (subject to hydrolysis) is 1. The van der Waals surface area contributed by atoms with Gasteiger partial charge in [-0.3, -0.25) is 4.79 Å². The lowest BCUT2D eigenvalue weighted by Crippen LogP contribution is -2.45. The molecular weight excluding hydrogens is 294 g/mol. The number of fused-ring (bicyclic) bond motifs is 1. The molecule has 1 aromatic carbocycles. The first-order chi connectivity index (χ1) is 10.2. The van der Waals surface area contributed by atoms with E-state index in [0.717, 1.165) is 0 Å². The molecule has 0 aromatic heterocycles. The number of halogens is 2. The highest BCUT2D eigenvalue weighted by Crippen LogP contribution is 2.26. The number of carbonyl (C=O) groups is 2. The second-order valence-corrected chi connectivity index (χ2v) is 6.15. The maximum absolute atomic E-state index is 13.7. The minimum Gasteiger partial charge on any atom is -0.444 e. The zero-order chi connectivity index (χ0) is 16.5. The fraction of sp³-hybridized carbons (Fsp3) is 0.467. The van der Waals surface area contributed by atoms with E-state index < -0.39 is 35.3 Å². The Kier molecular flexibility index (Phi) is 4.35. The lowest BCUT2D eigenvalue weighted by atomic mass is 10.1. The molecule has 7 heteroatoms. The number of carbonyl (C=O) groups excluding carboxylic acids is 2. The van der Waals surface area contributed by atoms with Gasteiger partial charge in [-0.15, -0.1) is 0 Å². The molecule has 1 aromatic rings. The highest BCUT2D eigenvalue weighted by Gasteiger charge is 2.28. The van der Waals surface area contributed by atoms with Gasteiger partial charge in [0.25, 0.3) is 0 Å². The summed E-state index contributed by atoms with van der Waals surface area (Å²) in [5.41, 5.74) is -0.372. The van der Waals surface area contributed by atoms with E-state index in [0.29, 0.717) is 11.6 Å². The van der Waals surface area contributed by atoms with Crippen LogP contribution in [0.3, 0.4) is 0 Å². The first kappa shape index (κ1) is 16.2. The van der Waals surface area contributed by atoms with Gasteiger partial charge in [-0.25, -0.2) is 13.6 Å². The molecule has 120 valence electrons. The van der Waals surface area contributed by atoms with Crippen molar-refractivity contribution in [1.29, 1.82) is 0 Å². The summed E-state index contributed by atoms with van der Waals surface area (Å²) < 4.78 is 32.1. The van der Waals surface area contributed by atoms with E-state index in [1.165, 1.54) is 6.07 Å². The second-order valence-electron chi connectivity index (χ2n) is 6.15. The normalized spacial score (nSPS) is 18.0. The van der Waals surface area contributed by atoms with E-state index in [9.17, 15) is 18.4 Å². The van der Waals surface area contributed by atoms with Crippen LogP contribution in [0, 0.1) is 11.6 Å². The van der Waals surface area contributed by atoms with Gasteiger partial charge >= 0.3 is 6.09 Å². The maximum atomic E-state index is 13.7. The number of hydrogen-bond acceptors (Lipinski definition) is 3. The monoisotopic (exact) mass is 312 g/mol. The lowest BCUT2D eigenvalue weighted by molar-refractivity contribution is -0.118. The molecule has 1 aliphatic heterocycles. The van der Waals surface area contributed by atoms with Gasteiger partial charge < -0.3 is 15.4 Å². The van der Waals surface area contributed by atoms with Crippen LogP contribution < -0.4 is 10.6 Å². The maximum Gasteiger partial charge on any atom is 0.408 e. The van der Waals surface area contributed by atoms with Crippen molar-refractivity contribution in [2.75, 3.05) is 5.32 Å². The Morgan fingerprint density at radius 1 is 1.36 bits per heavy atom. The summed E-state index contributed by atoms with van der Waals surface area (Å²) in [7, 11) is 0. The third-order valence-electron chi connectivity index (χ3n) is 3.09. The first-order valence-electron chi connectivity index (χ1n) is 6.94. The number of benzene rings is 1. The molecule has 0 fully saturated rings. The molecule has 1 atom stereocenters. The predicted octanol–water partition coefficient (Wildman–Crippen LogP) is 2.74. The number of hydrogen-bond donors (Lipinski definition) is 2. The Hall–Kier alpha value is -2.18. The fourth-order valence-electron chi connectivity index (χ4n) is 2.19. The number of anilines is 1. The van der Waals surface area contributed by atoms with Crippen LogP contribution in [0.5, 0.6) is 0 Å². The molecule has 0 radical (unpaired) electrons. The molecule has 1 aliphatic rings. The summed E-state index contributed by atoms with van der Waals surface area (Å²) in [5, 5.41) is 4.83. The van der Waals surface area contributed by atoms with Crippen LogP contribution in [0.15, 0.2) is 12.1 Å². The largest absolute Gasteiger partial charge is 0.444 e. The molecule has 0 saturated heterocycles. The smallest absolute Gasteiger partial charge is 0.408 e. The molecule has 1 heterocycles. The molecule has 22 heavy (non-hydrogen) atoms. The van der Waals surface area contributed by atoms with Crippen molar-refractivity contribution in [2.45, 2.75) is 45.3 Å². The van der Waals surface area contributed by atoms with Crippen molar-refractivity contribution in [3.8, 4) is 0 Å². The molecule has 0 aliphatic carbocycles. The molecule has 0 saturated carbocycles. The van der Waals surface area contributed by atoms with E-state index in [-0.39, 0.29) is 18.5 Å². The number of rotatable bonds is 1. The first-order valence-corrected chi connectivity index (χ1v) is 6.94. The minimum atomic E-state index is -0.871. The Morgan fingerprint density at radius 3 is 2.68 bits per heavy atom. The molecule has 0 spiro atoms. The molecule has 2 amide bonds. The van der Waals surface area contributed by atoms with Crippen LogP contribution in [0.25, 0.3) is 0 Å². The quantitative estimate of drug-likeness (QED) is 0.838. The van der Waals surface area contributed by atoms with Gasteiger partial charge in [-0.2, -0.15) is 0 Å². The summed E-state index contributed by atoms with van der Waals surface area (Å²) in [6, 6.07) is 1.01. The van der Waals surface area contributed by atoms with E-state index >= 15 is 0 Å². The molecule has 2 N–H and O–H groups in total. The van der Waals surface area contributed by atoms with Crippen molar-refractivity contribution in [1.82, 2.24) is 5.32 Å². The predicted molar refractivity (Wildman–Crippen MR) is 76.5 cm³/mol. The van der Waals surface area contributed by atoms with E-state index in [1.807, 2.05) is 0 Å². The zero-order valence-electron chi connectivity index (χ0n) is 12.6. The Morgan fingerprint density at radius 2 is 2.05 bits per heavy atom. The van der Waals surface area contributed by atoms with Crippen LogP contribution in [0.2, 0.25) is 0 Å². The lowest BCUT2D eigenvalue weighted by Gasteiger charge is -2.22. The fourth-order valence-corrected chi connectivity index (χ4v) is 2.19. The summed E-state index contributed by atoms with van der Waals surface area (Å²) in [4.78, 5) is 23.8. The van der Waals surface area contributed by atoms with Gasteiger partial charge in [0.05, 0.1) is 5.69 Å². The van der Waals surface area contributed by atoms with Crippen molar-refractivity contribution >= 4 is 17.7 Å². The number of aryl methyl sites for hydroxylation is 1. The standard InChI is InChI=1S/C15H18F2N2O3/c1-15(2,3)22-14(21)18-11-5-4-8-6-9(16)7-10(17)12(8)19-13(11)20/h6-7,11H,4-5H2,1-3H3,(H,18,21)(H,19,20). The van der Waals surface area contributed by atoms with Crippen LogP contribution in [0.4, 0.5) is 19.3 Å². The van der Waals surface area contributed by atoms with Crippen molar-refractivity contribution in [3.05, 3.63) is 29.3 Å². The van der Waals surface area contributed by atoms with Gasteiger partial charge in [0.1, 0.15) is 23.3 Å². The highest BCUT2D eigenvalue weighted by atomic mass is 19.1. The van der Waals surface area contributed by atoms with Crippen LogP contribution >= 0.6 is 0 Å². The Labute approximate surface area is 127 Å². The van der Waals surface area contributed by atoms with Gasteiger partial charge in [0, 0.05) is 6.07 Å². The van der Waals surface area contributed by atoms with Gasteiger partial charge in [-0.05, 0) is 45.2 Å². The van der Waals surface area contributed by atoms with Crippen LogP contribution in [0.1, 0.15) is 32.8 Å². The Balaban J connectivity index is 2.12. The SMILES string of the molecule is CC(C)(C)OC(=O)NC1CCc2cc(F)cc(F)c2NC1=O. The topological polar surface area (TPSA) is 67.4 Å². The average molecular weight is 312 g/mol. The molecule has 0 bridgehead atoms. The summed E-state index contributed by atoms with van der Waals surface area (Å²) in [5.74, 6) is -2.10. The van der Waals surface area contributed by atoms with E-state index in [1.54, 1.807) is 20.8 Å². The molecule has 5 nitrogen and oxygen atoms in total. The molecule has 2 rings (SSSR count). The Bertz CT molecular complexity index is 612. The number of nitrogens with one attached hydrogen (secondary N) is 2. The zero-order valence-corrected chi connectivity index (χ0v) is 12.6. The van der Waals surface area contributed by atoms with Crippen molar-refractivity contribution < 1.29 is 23.1 Å². The minimum absolute atomic E-state index is 0.0418. The van der Waals surface area contributed by atoms with Crippen LogP contribution in [-0.2, 0) is 16.0 Å².